The summed E-state index contributed by atoms with van der Waals surface area (Å²) >= 11 is 0. The Morgan fingerprint density at radius 3 is 2.60 bits per heavy atom. The fraction of sp³-hybridized carbons (Fsp3) is 0.565. The van der Waals surface area contributed by atoms with Crippen LogP contribution in [0.5, 0.6) is 5.75 Å². The number of β-amino-alcohol motifs (C(OH)–C–C–N with tert-alkyl or cyclic N) is 1. The molecule has 1 amide bonds. The fourth-order valence-electron chi connectivity index (χ4n) is 4.61. The number of likely N-dealkylation sites (tertiary alicyclic amines) is 2. The third-order valence-electron chi connectivity index (χ3n) is 6.48. The lowest BCUT2D eigenvalue weighted by molar-refractivity contribution is -0.132. The molecule has 0 bridgehead atoms. The van der Waals surface area contributed by atoms with E-state index in [-0.39, 0.29) is 24.2 Å². The molecule has 0 spiro atoms. The van der Waals surface area contributed by atoms with Crippen molar-refractivity contribution in [3.05, 3.63) is 39.2 Å². The zero-order valence-electron chi connectivity index (χ0n) is 17.9. The molecular formula is C23H30N2O5. The number of aliphatic hydroxyl groups is 1. The topological polar surface area (TPSA) is 83.2 Å². The highest BCUT2D eigenvalue weighted by molar-refractivity contribution is 5.88. The maximum atomic E-state index is 12.8. The van der Waals surface area contributed by atoms with Crippen LogP contribution in [0.3, 0.4) is 0 Å². The van der Waals surface area contributed by atoms with Gasteiger partial charge in [-0.1, -0.05) is 6.42 Å². The molecule has 1 N–H and O–H groups in total. The number of hydrogen-bond donors (Lipinski definition) is 1. The first-order valence-electron chi connectivity index (χ1n) is 10.7. The summed E-state index contributed by atoms with van der Waals surface area (Å²) in [4.78, 5) is 28.8. The van der Waals surface area contributed by atoms with Crippen LogP contribution in [0.15, 0.2) is 21.3 Å². The zero-order chi connectivity index (χ0) is 21.4. The largest absolute Gasteiger partial charge is 0.483 e. The van der Waals surface area contributed by atoms with Crippen LogP contribution < -0.4 is 10.4 Å². The van der Waals surface area contributed by atoms with Crippen molar-refractivity contribution in [2.24, 2.45) is 0 Å². The Morgan fingerprint density at radius 1 is 1.13 bits per heavy atom. The van der Waals surface area contributed by atoms with Crippen LogP contribution in [-0.4, -0.2) is 65.7 Å². The molecule has 162 valence electrons. The molecule has 2 fully saturated rings. The van der Waals surface area contributed by atoms with Crippen LogP contribution in [0.1, 0.15) is 36.0 Å². The Labute approximate surface area is 176 Å². The van der Waals surface area contributed by atoms with Crippen LogP contribution in [0.4, 0.5) is 0 Å². The molecule has 2 aliphatic rings. The van der Waals surface area contributed by atoms with E-state index in [4.69, 9.17) is 9.15 Å². The van der Waals surface area contributed by atoms with Crippen molar-refractivity contribution >= 4 is 16.9 Å². The second-order valence-corrected chi connectivity index (χ2v) is 8.59. The molecule has 30 heavy (non-hydrogen) atoms. The highest BCUT2D eigenvalue weighted by Crippen LogP contribution is 2.31. The second kappa shape index (κ2) is 8.40. The average molecular weight is 415 g/mol. The predicted octanol–water partition coefficient (Wildman–Crippen LogP) is 2.15. The molecule has 2 aliphatic heterocycles. The maximum Gasteiger partial charge on any atom is 0.339 e. The van der Waals surface area contributed by atoms with Gasteiger partial charge in [0.1, 0.15) is 11.3 Å². The number of nitrogens with zero attached hydrogens (tertiary/aromatic N) is 2. The minimum Gasteiger partial charge on any atom is -0.483 e. The quantitative estimate of drug-likeness (QED) is 0.772. The van der Waals surface area contributed by atoms with E-state index >= 15 is 0 Å². The normalized spacial score (nSPS) is 22.6. The van der Waals surface area contributed by atoms with Crippen molar-refractivity contribution < 1.29 is 19.1 Å². The minimum absolute atomic E-state index is 0.00761. The number of rotatable bonds is 4. The number of piperidine rings is 1. The summed E-state index contributed by atoms with van der Waals surface area (Å²) in [6.45, 7) is 8.20. The van der Waals surface area contributed by atoms with Gasteiger partial charge in [0, 0.05) is 18.7 Å². The van der Waals surface area contributed by atoms with Crippen LogP contribution in [0.25, 0.3) is 11.0 Å². The summed E-state index contributed by atoms with van der Waals surface area (Å²) < 4.78 is 11.3. The molecule has 0 unspecified atom stereocenters. The van der Waals surface area contributed by atoms with Gasteiger partial charge in [0.25, 0.3) is 5.91 Å². The maximum absolute atomic E-state index is 12.8. The van der Waals surface area contributed by atoms with Gasteiger partial charge in [-0.3, -0.25) is 9.69 Å². The molecule has 4 rings (SSSR count). The lowest BCUT2D eigenvalue weighted by atomic mass is 10.0. The molecule has 0 radical (unpaired) electrons. The van der Waals surface area contributed by atoms with Crippen molar-refractivity contribution in [3.8, 4) is 5.75 Å². The number of ether oxygens (including phenoxy) is 1. The van der Waals surface area contributed by atoms with Crippen LogP contribution >= 0.6 is 0 Å². The standard InChI is InChI=1S/C23H30N2O5/c1-14-9-19(22-15(2)16(3)23(28)30-20(22)10-14)29-13-21(27)25-11-17(18(26)12-25)24-7-5-4-6-8-24/h9-10,17-18,26H,4-8,11-13H2,1-3H3/t17-,18-/m0/s1. The molecule has 1 aromatic heterocycles. The van der Waals surface area contributed by atoms with Gasteiger partial charge >= 0.3 is 5.63 Å². The first-order valence-corrected chi connectivity index (χ1v) is 10.7. The van der Waals surface area contributed by atoms with Crippen molar-refractivity contribution in [2.75, 3.05) is 32.8 Å². The summed E-state index contributed by atoms with van der Waals surface area (Å²) in [6, 6.07) is 3.67. The van der Waals surface area contributed by atoms with E-state index in [1.807, 2.05) is 19.9 Å². The highest BCUT2D eigenvalue weighted by atomic mass is 16.5. The van der Waals surface area contributed by atoms with Crippen LogP contribution in [0.2, 0.25) is 0 Å². The van der Waals surface area contributed by atoms with E-state index in [9.17, 15) is 14.7 Å². The van der Waals surface area contributed by atoms with E-state index in [0.717, 1.165) is 42.4 Å². The van der Waals surface area contributed by atoms with Gasteiger partial charge < -0.3 is 19.2 Å². The third-order valence-corrected chi connectivity index (χ3v) is 6.48. The van der Waals surface area contributed by atoms with Crippen LogP contribution in [-0.2, 0) is 4.79 Å². The lowest BCUT2D eigenvalue weighted by Crippen LogP contribution is -2.46. The Balaban J connectivity index is 1.48. The molecule has 7 nitrogen and oxygen atoms in total. The van der Waals surface area contributed by atoms with Crippen LogP contribution in [0, 0.1) is 20.8 Å². The predicted molar refractivity (Wildman–Crippen MR) is 114 cm³/mol. The van der Waals surface area contributed by atoms with Crippen molar-refractivity contribution in [3.63, 3.8) is 0 Å². The molecule has 7 heteroatoms. The molecule has 2 atom stereocenters. The van der Waals surface area contributed by atoms with Gasteiger partial charge in [-0.2, -0.15) is 0 Å². The summed E-state index contributed by atoms with van der Waals surface area (Å²) in [5.74, 6) is 0.394. The molecular weight excluding hydrogens is 384 g/mol. The van der Waals surface area contributed by atoms with Crippen molar-refractivity contribution in [2.45, 2.75) is 52.2 Å². The Kier molecular flexibility index (Phi) is 5.84. The molecule has 1 aromatic carbocycles. The molecule has 0 saturated carbocycles. The Bertz CT molecular complexity index is 1010. The monoisotopic (exact) mass is 414 g/mol. The number of aryl methyl sites for hydroxylation is 2. The van der Waals surface area contributed by atoms with E-state index in [2.05, 4.69) is 4.90 Å². The van der Waals surface area contributed by atoms with Gasteiger partial charge in [-0.25, -0.2) is 4.79 Å². The number of carbonyl (C=O) groups is 1. The summed E-state index contributed by atoms with van der Waals surface area (Å²) in [6.07, 6.45) is 3.01. The Morgan fingerprint density at radius 2 is 1.87 bits per heavy atom. The van der Waals surface area contributed by atoms with E-state index in [1.54, 1.807) is 17.9 Å². The summed E-state index contributed by atoms with van der Waals surface area (Å²) in [7, 11) is 0. The molecule has 2 saturated heterocycles. The zero-order valence-corrected chi connectivity index (χ0v) is 17.9. The smallest absolute Gasteiger partial charge is 0.339 e. The van der Waals surface area contributed by atoms with Gasteiger partial charge in [0.2, 0.25) is 0 Å². The fourth-order valence-corrected chi connectivity index (χ4v) is 4.61. The van der Waals surface area contributed by atoms with E-state index in [1.165, 1.54) is 6.42 Å². The number of benzene rings is 1. The van der Waals surface area contributed by atoms with Gasteiger partial charge in [-0.15, -0.1) is 0 Å². The van der Waals surface area contributed by atoms with E-state index < -0.39 is 6.10 Å². The second-order valence-electron chi connectivity index (χ2n) is 8.59. The number of carbonyl (C=O) groups excluding carboxylic acids is 1. The number of hydrogen-bond acceptors (Lipinski definition) is 6. The van der Waals surface area contributed by atoms with E-state index in [0.29, 0.717) is 30.0 Å². The number of amides is 1. The SMILES string of the molecule is Cc1cc(OCC(=O)N2C[C@H](O)[C@@H](N3CCCCC3)C2)c2c(C)c(C)c(=O)oc2c1. The highest BCUT2D eigenvalue weighted by Gasteiger charge is 2.38. The van der Waals surface area contributed by atoms with Gasteiger partial charge in [-0.05, 0) is 70.0 Å². The third kappa shape index (κ3) is 3.96. The average Bonchev–Trinajstić information content (AvgIpc) is 3.12. The first-order chi connectivity index (χ1) is 14.3. The van der Waals surface area contributed by atoms with Gasteiger partial charge in [0.05, 0.1) is 17.5 Å². The molecule has 3 heterocycles. The molecule has 0 aliphatic carbocycles. The number of fused-ring (bicyclic) bond motifs is 1. The number of aliphatic hydroxyl groups excluding tert-OH is 1. The van der Waals surface area contributed by atoms with Crippen molar-refractivity contribution in [1.29, 1.82) is 0 Å². The summed E-state index contributed by atoms with van der Waals surface area (Å²) in [5.41, 5.74) is 2.33. The van der Waals surface area contributed by atoms with Crippen molar-refractivity contribution in [1.82, 2.24) is 9.80 Å². The molecule has 2 aromatic rings. The Hall–Kier alpha value is -2.38. The minimum atomic E-state index is -0.522. The lowest BCUT2D eigenvalue weighted by Gasteiger charge is -2.33. The summed E-state index contributed by atoms with van der Waals surface area (Å²) in [5, 5.41) is 11.2. The van der Waals surface area contributed by atoms with Gasteiger partial charge in [0.15, 0.2) is 6.61 Å². The first kappa shape index (κ1) is 20.9.